The topological polar surface area (TPSA) is 8.17 Å². The quantitative estimate of drug-likeness (QED) is 0.691. The van der Waals surface area contributed by atoms with Crippen molar-refractivity contribution >= 4 is 17.0 Å². The summed E-state index contributed by atoms with van der Waals surface area (Å²) in [5, 5.41) is 1.06. The van der Waals surface area contributed by atoms with Crippen molar-refractivity contribution in [2.75, 3.05) is 13.6 Å². The maximum absolute atomic E-state index is 13.7. The molecule has 2 aromatic carbocycles. The van der Waals surface area contributed by atoms with Crippen molar-refractivity contribution in [2.45, 2.75) is 19.5 Å². The molecule has 3 aromatic rings. The summed E-state index contributed by atoms with van der Waals surface area (Å²) in [6, 6.07) is 15.5. The molecule has 122 valence electrons. The molecule has 0 radical (unpaired) electrons. The van der Waals surface area contributed by atoms with Gasteiger partial charge in [-0.15, -0.1) is 0 Å². The lowest BCUT2D eigenvalue weighted by Crippen LogP contribution is -2.27. The van der Waals surface area contributed by atoms with E-state index in [1.54, 1.807) is 12.1 Å². The monoisotopic (exact) mass is 320 g/mol. The number of fused-ring (bicyclic) bond motifs is 3. The SMILES string of the molecule is CN1CCc2c(c3cc(F)ccc3n2C/C=C/c2ccccc2)C1. The highest BCUT2D eigenvalue weighted by Crippen LogP contribution is 2.31. The number of hydrogen-bond donors (Lipinski definition) is 0. The zero-order chi connectivity index (χ0) is 16.5. The van der Waals surface area contributed by atoms with Crippen LogP contribution in [0.25, 0.3) is 17.0 Å². The molecule has 2 heterocycles. The molecule has 1 aliphatic heterocycles. The van der Waals surface area contributed by atoms with Gasteiger partial charge in [0.25, 0.3) is 0 Å². The summed E-state index contributed by atoms with van der Waals surface area (Å²) in [5.41, 5.74) is 4.97. The van der Waals surface area contributed by atoms with Gasteiger partial charge in [0.2, 0.25) is 0 Å². The predicted molar refractivity (Wildman–Crippen MR) is 97.4 cm³/mol. The third-order valence-corrected chi connectivity index (χ3v) is 4.80. The number of likely N-dealkylation sites (N-methyl/N-ethyl adjacent to an activating group) is 1. The Kier molecular flexibility index (Phi) is 3.95. The lowest BCUT2D eigenvalue weighted by atomic mass is 10.1. The van der Waals surface area contributed by atoms with Crippen molar-refractivity contribution in [2.24, 2.45) is 0 Å². The van der Waals surface area contributed by atoms with Gasteiger partial charge in [0.15, 0.2) is 0 Å². The number of hydrogen-bond acceptors (Lipinski definition) is 1. The standard InChI is InChI=1S/C21H21FN2/c1-23-13-11-21-19(15-23)18-14-17(22)9-10-20(18)24(21)12-5-8-16-6-3-2-4-7-16/h2-10,14H,11-13,15H2,1H3/b8-5+. The van der Waals surface area contributed by atoms with E-state index in [2.05, 4.69) is 40.8 Å². The first-order chi connectivity index (χ1) is 11.7. The number of benzene rings is 2. The summed E-state index contributed by atoms with van der Waals surface area (Å²) in [6.45, 7) is 2.76. The highest BCUT2D eigenvalue weighted by molar-refractivity contribution is 5.86. The number of rotatable bonds is 3. The fourth-order valence-corrected chi connectivity index (χ4v) is 3.62. The molecule has 3 heteroatoms. The fraction of sp³-hybridized carbons (Fsp3) is 0.238. The van der Waals surface area contributed by atoms with Crippen molar-refractivity contribution in [3.63, 3.8) is 0 Å². The van der Waals surface area contributed by atoms with Gasteiger partial charge < -0.3 is 9.47 Å². The van der Waals surface area contributed by atoms with Crippen LogP contribution in [-0.4, -0.2) is 23.1 Å². The molecule has 0 N–H and O–H groups in total. The fourth-order valence-electron chi connectivity index (χ4n) is 3.62. The summed E-state index contributed by atoms with van der Waals surface area (Å²) in [5.74, 6) is -0.157. The minimum atomic E-state index is -0.157. The molecule has 0 aliphatic carbocycles. The molecule has 0 atom stereocenters. The van der Waals surface area contributed by atoms with E-state index in [1.165, 1.54) is 16.8 Å². The Morgan fingerprint density at radius 1 is 1.12 bits per heavy atom. The van der Waals surface area contributed by atoms with Crippen LogP contribution in [0.5, 0.6) is 0 Å². The first-order valence-electron chi connectivity index (χ1n) is 8.42. The smallest absolute Gasteiger partial charge is 0.123 e. The molecular weight excluding hydrogens is 299 g/mol. The Hall–Kier alpha value is -2.39. The van der Waals surface area contributed by atoms with Crippen molar-refractivity contribution in [1.29, 1.82) is 0 Å². The highest BCUT2D eigenvalue weighted by Gasteiger charge is 2.22. The van der Waals surface area contributed by atoms with Gasteiger partial charge in [-0.2, -0.15) is 0 Å². The molecule has 2 nitrogen and oxygen atoms in total. The predicted octanol–water partition coefficient (Wildman–Crippen LogP) is 4.48. The summed E-state index contributed by atoms with van der Waals surface area (Å²) in [6.07, 6.45) is 5.36. The molecule has 0 saturated carbocycles. The van der Waals surface area contributed by atoms with Crippen LogP contribution in [0.1, 0.15) is 16.8 Å². The zero-order valence-electron chi connectivity index (χ0n) is 13.9. The lowest BCUT2D eigenvalue weighted by molar-refractivity contribution is 0.310. The van der Waals surface area contributed by atoms with Crippen LogP contribution >= 0.6 is 0 Å². The van der Waals surface area contributed by atoms with Crippen molar-refractivity contribution in [3.05, 3.63) is 77.2 Å². The second-order valence-corrected chi connectivity index (χ2v) is 6.50. The first-order valence-corrected chi connectivity index (χ1v) is 8.42. The number of halogens is 1. The van der Waals surface area contributed by atoms with Gasteiger partial charge in [-0.1, -0.05) is 42.5 Å². The van der Waals surface area contributed by atoms with Gasteiger partial charge in [0.05, 0.1) is 0 Å². The Bertz CT molecular complexity index is 893. The first kappa shape index (κ1) is 15.2. The van der Waals surface area contributed by atoms with Crippen molar-refractivity contribution < 1.29 is 4.39 Å². The van der Waals surface area contributed by atoms with E-state index in [-0.39, 0.29) is 5.82 Å². The van der Waals surface area contributed by atoms with E-state index >= 15 is 0 Å². The van der Waals surface area contributed by atoms with Gasteiger partial charge in [0.1, 0.15) is 5.82 Å². The molecular formula is C21H21FN2. The molecule has 0 saturated heterocycles. The zero-order valence-corrected chi connectivity index (χ0v) is 13.9. The van der Waals surface area contributed by atoms with Crippen LogP contribution in [0, 0.1) is 5.82 Å². The Morgan fingerprint density at radius 2 is 1.96 bits per heavy atom. The van der Waals surface area contributed by atoms with Crippen LogP contribution in [0.2, 0.25) is 0 Å². The molecule has 0 unspecified atom stereocenters. The molecule has 0 amide bonds. The maximum Gasteiger partial charge on any atom is 0.123 e. The van der Waals surface area contributed by atoms with Gasteiger partial charge in [-0.3, -0.25) is 0 Å². The van der Waals surface area contributed by atoms with E-state index in [0.29, 0.717) is 0 Å². The van der Waals surface area contributed by atoms with E-state index in [0.717, 1.165) is 37.0 Å². The van der Waals surface area contributed by atoms with E-state index in [9.17, 15) is 4.39 Å². The van der Waals surface area contributed by atoms with Crippen molar-refractivity contribution in [3.8, 4) is 0 Å². The van der Waals surface area contributed by atoms with E-state index in [4.69, 9.17) is 0 Å². The Labute approximate surface area is 141 Å². The van der Waals surface area contributed by atoms with Gasteiger partial charge in [-0.25, -0.2) is 4.39 Å². The average molecular weight is 320 g/mol. The molecule has 4 rings (SSSR count). The Morgan fingerprint density at radius 3 is 2.79 bits per heavy atom. The second kappa shape index (κ2) is 6.25. The van der Waals surface area contributed by atoms with Crippen LogP contribution in [-0.2, 0) is 19.5 Å². The van der Waals surface area contributed by atoms with Gasteiger partial charge >= 0.3 is 0 Å². The third kappa shape index (κ3) is 2.76. The normalized spacial score (nSPS) is 15.2. The summed E-state index contributed by atoms with van der Waals surface area (Å²) < 4.78 is 16.1. The van der Waals surface area contributed by atoms with Crippen LogP contribution < -0.4 is 0 Å². The summed E-state index contributed by atoms with van der Waals surface area (Å²) in [4.78, 5) is 2.30. The van der Waals surface area contributed by atoms with E-state index < -0.39 is 0 Å². The maximum atomic E-state index is 13.7. The summed E-state index contributed by atoms with van der Waals surface area (Å²) in [7, 11) is 2.13. The summed E-state index contributed by atoms with van der Waals surface area (Å²) >= 11 is 0. The molecule has 0 spiro atoms. The Balaban J connectivity index is 1.73. The van der Waals surface area contributed by atoms with Gasteiger partial charge in [0, 0.05) is 42.7 Å². The second-order valence-electron chi connectivity index (χ2n) is 6.50. The van der Waals surface area contributed by atoms with Crippen LogP contribution in [0.4, 0.5) is 4.39 Å². The molecule has 1 aromatic heterocycles. The largest absolute Gasteiger partial charge is 0.340 e. The molecule has 0 fully saturated rings. The van der Waals surface area contributed by atoms with Crippen LogP contribution in [0.15, 0.2) is 54.6 Å². The lowest BCUT2D eigenvalue weighted by Gasteiger charge is -2.24. The minimum absolute atomic E-state index is 0.157. The highest BCUT2D eigenvalue weighted by atomic mass is 19.1. The van der Waals surface area contributed by atoms with E-state index in [1.807, 2.05) is 24.3 Å². The number of allylic oxidation sites excluding steroid dienone is 1. The number of aromatic nitrogens is 1. The number of nitrogens with zero attached hydrogens (tertiary/aromatic N) is 2. The average Bonchev–Trinajstić information content (AvgIpc) is 2.89. The molecule has 0 bridgehead atoms. The minimum Gasteiger partial charge on any atom is -0.340 e. The molecule has 1 aliphatic rings. The third-order valence-electron chi connectivity index (χ3n) is 4.80. The van der Waals surface area contributed by atoms with Gasteiger partial charge in [-0.05, 0) is 36.4 Å². The molecule has 24 heavy (non-hydrogen) atoms. The van der Waals surface area contributed by atoms with Crippen LogP contribution in [0.3, 0.4) is 0 Å². The van der Waals surface area contributed by atoms with Crippen molar-refractivity contribution in [1.82, 2.24) is 9.47 Å².